The molecule has 0 aliphatic carbocycles. The lowest BCUT2D eigenvalue weighted by atomic mass is 9.98. The van der Waals surface area contributed by atoms with Crippen LogP contribution in [0, 0.1) is 13.8 Å². The maximum absolute atomic E-state index is 5.76. The topological polar surface area (TPSA) is 55.9 Å². The highest BCUT2D eigenvalue weighted by Crippen LogP contribution is 2.25. The molecule has 1 rings (SSSR count). The average molecular weight is 294 g/mol. The van der Waals surface area contributed by atoms with Gasteiger partial charge in [-0.1, -0.05) is 58.3 Å². The van der Waals surface area contributed by atoms with Gasteiger partial charge in [0.05, 0.1) is 5.69 Å². The van der Waals surface area contributed by atoms with Crippen molar-refractivity contribution in [1.82, 2.24) is 15.2 Å². The Morgan fingerprint density at radius 3 is 2.10 bits per heavy atom. The first-order valence-electron chi connectivity index (χ1n) is 8.58. The first-order valence-corrected chi connectivity index (χ1v) is 8.58. The zero-order valence-corrected chi connectivity index (χ0v) is 14.4. The third-order valence-electron chi connectivity index (χ3n) is 4.46. The second-order valence-electron chi connectivity index (χ2n) is 6.19. The zero-order chi connectivity index (χ0) is 15.7. The van der Waals surface area contributed by atoms with Gasteiger partial charge in [0, 0.05) is 24.3 Å². The molecule has 1 aromatic heterocycles. The molecule has 0 aliphatic rings. The zero-order valence-electron chi connectivity index (χ0n) is 14.4. The molecule has 21 heavy (non-hydrogen) atoms. The predicted molar refractivity (Wildman–Crippen MR) is 90.0 cm³/mol. The van der Waals surface area contributed by atoms with Crippen LogP contribution in [0.5, 0.6) is 0 Å². The van der Waals surface area contributed by atoms with Crippen molar-refractivity contribution >= 4 is 0 Å². The van der Waals surface area contributed by atoms with Gasteiger partial charge in [-0.15, -0.1) is 0 Å². The number of nitrogens with two attached hydrogens (primary N) is 1. The van der Waals surface area contributed by atoms with Gasteiger partial charge in [-0.25, -0.2) is 0 Å². The number of nitrogens with zero attached hydrogens (tertiary/aromatic N) is 2. The molecule has 1 atom stereocenters. The van der Waals surface area contributed by atoms with Gasteiger partial charge in [0.25, 0.3) is 0 Å². The average Bonchev–Trinajstić information content (AvgIpc) is 2.72. The largest absolute Gasteiger partial charge is 0.272 e. The van der Waals surface area contributed by atoms with Crippen LogP contribution >= 0.6 is 0 Å². The van der Waals surface area contributed by atoms with E-state index >= 15 is 0 Å². The maximum atomic E-state index is 5.76. The Morgan fingerprint density at radius 1 is 1.05 bits per heavy atom. The molecular formula is C17H34N4. The van der Waals surface area contributed by atoms with Gasteiger partial charge in [0.1, 0.15) is 0 Å². The van der Waals surface area contributed by atoms with Gasteiger partial charge in [-0.05, 0) is 20.3 Å². The van der Waals surface area contributed by atoms with Crippen LogP contribution in [-0.4, -0.2) is 9.78 Å². The van der Waals surface area contributed by atoms with E-state index in [1.54, 1.807) is 0 Å². The van der Waals surface area contributed by atoms with Crippen molar-refractivity contribution in [1.29, 1.82) is 0 Å². The van der Waals surface area contributed by atoms with E-state index < -0.39 is 0 Å². The number of nitrogens with one attached hydrogen (secondary N) is 1. The fourth-order valence-corrected chi connectivity index (χ4v) is 3.09. The predicted octanol–water partition coefficient (Wildman–Crippen LogP) is 4.07. The molecule has 1 aromatic rings. The van der Waals surface area contributed by atoms with Gasteiger partial charge in [-0.2, -0.15) is 5.10 Å². The van der Waals surface area contributed by atoms with Gasteiger partial charge >= 0.3 is 0 Å². The van der Waals surface area contributed by atoms with Gasteiger partial charge < -0.3 is 0 Å². The van der Waals surface area contributed by atoms with Crippen LogP contribution in [-0.2, 0) is 7.05 Å². The SMILES string of the molecule is CCCCCCCCCCC(NN)c1c(C)nn(C)c1C. The molecule has 0 bridgehead atoms. The van der Waals surface area contributed by atoms with Crippen LogP contribution in [0.4, 0.5) is 0 Å². The van der Waals surface area contributed by atoms with Crippen LogP contribution in [0.15, 0.2) is 0 Å². The molecular weight excluding hydrogens is 260 g/mol. The van der Waals surface area contributed by atoms with E-state index in [1.165, 1.54) is 62.6 Å². The highest BCUT2D eigenvalue weighted by atomic mass is 15.3. The molecule has 0 aliphatic heterocycles. The Bertz CT molecular complexity index is 398. The lowest BCUT2D eigenvalue weighted by molar-refractivity contribution is 0.471. The molecule has 0 saturated heterocycles. The van der Waals surface area contributed by atoms with E-state index in [9.17, 15) is 0 Å². The fraction of sp³-hybridized carbons (Fsp3) is 0.824. The van der Waals surface area contributed by atoms with Crippen LogP contribution in [0.3, 0.4) is 0 Å². The fourth-order valence-electron chi connectivity index (χ4n) is 3.09. The van der Waals surface area contributed by atoms with Crippen molar-refractivity contribution < 1.29 is 0 Å². The number of aryl methyl sites for hydroxylation is 2. The molecule has 122 valence electrons. The van der Waals surface area contributed by atoms with E-state index in [-0.39, 0.29) is 6.04 Å². The Morgan fingerprint density at radius 2 is 1.62 bits per heavy atom. The van der Waals surface area contributed by atoms with E-state index in [0.717, 1.165) is 12.1 Å². The number of hydrogen-bond donors (Lipinski definition) is 2. The van der Waals surface area contributed by atoms with Gasteiger partial charge in [-0.3, -0.25) is 16.0 Å². The Balaban J connectivity index is 2.29. The molecule has 0 saturated carbocycles. The molecule has 0 amide bonds. The van der Waals surface area contributed by atoms with Crippen LogP contribution < -0.4 is 11.3 Å². The summed E-state index contributed by atoms with van der Waals surface area (Å²) in [4.78, 5) is 0. The van der Waals surface area contributed by atoms with Crippen molar-refractivity contribution in [3.63, 3.8) is 0 Å². The minimum Gasteiger partial charge on any atom is -0.272 e. The normalized spacial score (nSPS) is 12.8. The number of aromatic nitrogens is 2. The summed E-state index contributed by atoms with van der Waals surface area (Å²) in [6, 6.07) is 0.235. The number of rotatable bonds is 11. The van der Waals surface area contributed by atoms with Gasteiger partial charge in [0.2, 0.25) is 0 Å². The van der Waals surface area contributed by atoms with E-state index in [1.807, 2.05) is 11.7 Å². The van der Waals surface area contributed by atoms with Crippen LogP contribution in [0.1, 0.15) is 87.7 Å². The summed E-state index contributed by atoms with van der Waals surface area (Å²) >= 11 is 0. The van der Waals surface area contributed by atoms with Crippen LogP contribution in [0.25, 0.3) is 0 Å². The first-order chi connectivity index (χ1) is 10.1. The maximum Gasteiger partial charge on any atom is 0.0644 e. The lowest BCUT2D eigenvalue weighted by Gasteiger charge is -2.16. The highest BCUT2D eigenvalue weighted by Gasteiger charge is 2.18. The number of hydrogen-bond acceptors (Lipinski definition) is 3. The molecule has 1 heterocycles. The Kier molecular flexibility index (Phi) is 8.62. The molecule has 1 unspecified atom stereocenters. The van der Waals surface area contributed by atoms with Crippen LogP contribution in [0.2, 0.25) is 0 Å². The summed E-state index contributed by atoms with van der Waals surface area (Å²) in [6.45, 7) is 6.45. The summed E-state index contributed by atoms with van der Waals surface area (Å²) in [5.41, 5.74) is 6.57. The number of unbranched alkanes of at least 4 members (excludes halogenated alkanes) is 7. The third-order valence-corrected chi connectivity index (χ3v) is 4.46. The summed E-state index contributed by atoms with van der Waals surface area (Å²) in [5.74, 6) is 5.76. The first kappa shape index (κ1) is 18.2. The molecule has 0 radical (unpaired) electrons. The summed E-state index contributed by atoms with van der Waals surface area (Å²) in [7, 11) is 2.00. The van der Waals surface area contributed by atoms with E-state index in [0.29, 0.717) is 0 Å². The molecule has 4 nitrogen and oxygen atoms in total. The Hall–Kier alpha value is -0.870. The minimum absolute atomic E-state index is 0.235. The standard InChI is InChI=1S/C17H34N4/c1-5-6-7-8-9-10-11-12-13-16(19-18)17-14(2)20-21(4)15(17)3/h16,19H,5-13,18H2,1-4H3. The number of hydrazine groups is 1. The van der Waals surface area contributed by atoms with E-state index in [2.05, 4.69) is 31.3 Å². The van der Waals surface area contributed by atoms with Crippen molar-refractivity contribution in [2.75, 3.05) is 0 Å². The minimum atomic E-state index is 0.235. The molecule has 3 N–H and O–H groups in total. The van der Waals surface area contributed by atoms with Crippen molar-refractivity contribution in [3.05, 3.63) is 17.0 Å². The molecule has 0 fully saturated rings. The molecule has 0 spiro atoms. The molecule has 4 heteroatoms. The monoisotopic (exact) mass is 294 g/mol. The van der Waals surface area contributed by atoms with Gasteiger partial charge in [0.15, 0.2) is 0 Å². The van der Waals surface area contributed by atoms with Crippen molar-refractivity contribution in [2.45, 2.75) is 84.6 Å². The van der Waals surface area contributed by atoms with Crippen molar-refractivity contribution in [3.8, 4) is 0 Å². The van der Waals surface area contributed by atoms with Crippen molar-refractivity contribution in [2.24, 2.45) is 12.9 Å². The smallest absolute Gasteiger partial charge is 0.0644 e. The second-order valence-corrected chi connectivity index (χ2v) is 6.19. The summed E-state index contributed by atoms with van der Waals surface area (Å²) in [6.07, 6.45) is 11.9. The highest BCUT2D eigenvalue weighted by molar-refractivity contribution is 5.27. The third kappa shape index (κ3) is 5.79. The van der Waals surface area contributed by atoms with E-state index in [4.69, 9.17) is 5.84 Å². The summed E-state index contributed by atoms with van der Waals surface area (Å²) in [5, 5.41) is 4.49. The molecule has 0 aromatic carbocycles. The lowest BCUT2D eigenvalue weighted by Crippen LogP contribution is -2.28. The Labute approximate surface area is 130 Å². The summed E-state index contributed by atoms with van der Waals surface area (Å²) < 4.78 is 1.95. The second kappa shape index (κ2) is 9.96. The quantitative estimate of drug-likeness (QED) is 0.367.